The largest absolute Gasteiger partial charge is 0.285 e. The molecular formula is C24H14N2O3S2. The standard InChI is InChI=1S/C24H14N2O3S2/c27-21-18-8-4-5-9-19(18)22(28)25(21)26-23(29)20(31-24(26)30)14-15-10-12-17(13-11-15)16-6-2-1-3-7-16/h1-14H/b20-14-. The first-order valence-corrected chi connectivity index (χ1v) is 10.7. The fourth-order valence-corrected chi connectivity index (χ4v) is 4.79. The molecule has 2 aliphatic heterocycles. The Kier molecular flexibility index (Phi) is 4.77. The smallest absolute Gasteiger partial charge is 0.267 e. The van der Waals surface area contributed by atoms with Gasteiger partial charge in [0.1, 0.15) is 0 Å². The molecule has 0 radical (unpaired) electrons. The van der Waals surface area contributed by atoms with Gasteiger partial charge in [-0.3, -0.25) is 14.4 Å². The molecule has 3 aromatic carbocycles. The summed E-state index contributed by atoms with van der Waals surface area (Å²) in [5.74, 6) is -1.59. The molecule has 0 aromatic heterocycles. The molecule has 31 heavy (non-hydrogen) atoms. The van der Waals surface area contributed by atoms with Crippen LogP contribution in [0.3, 0.4) is 0 Å². The number of fused-ring (bicyclic) bond motifs is 1. The molecule has 0 atom stereocenters. The minimum atomic E-state index is -0.551. The lowest BCUT2D eigenvalue weighted by molar-refractivity contribution is -0.128. The number of carbonyl (C=O) groups is 3. The molecule has 3 aromatic rings. The number of imide groups is 1. The van der Waals surface area contributed by atoms with Crippen LogP contribution < -0.4 is 0 Å². The molecule has 0 bridgehead atoms. The number of hydrogen-bond donors (Lipinski definition) is 0. The number of hydrogen-bond acceptors (Lipinski definition) is 5. The molecule has 1 fully saturated rings. The van der Waals surface area contributed by atoms with Gasteiger partial charge in [-0.25, -0.2) is 0 Å². The van der Waals surface area contributed by atoms with E-state index < -0.39 is 17.7 Å². The van der Waals surface area contributed by atoms with Gasteiger partial charge in [0.15, 0.2) is 4.32 Å². The summed E-state index contributed by atoms with van der Waals surface area (Å²) >= 11 is 6.40. The number of thioether (sulfide) groups is 1. The van der Waals surface area contributed by atoms with Gasteiger partial charge in [-0.05, 0) is 47.1 Å². The molecule has 5 nitrogen and oxygen atoms in total. The molecule has 0 saturated carbocycles. The highest BCUT2D eigenvalue weighted by molar-refractivity contribution is 8.26. The van der Waals surface area contributed by atoms with E-state index >= 15 is 0 Å². The zero-order valence-electron chi connectivity index (χ0n) is 16.0. The fraction of sp³-hybridized carbons (Fsp3) is 0. The monoisotopic (exact) mass is 442 g/mol. The van der Waals surface area contributed by atoms with E-state index in [1.54, 1.807) is 30.3 Å². The van der Waals surface area contributed by atoms with Gasteiger partial charge in [0.2, 0.25) is 0 Å². The Balaban J connectivity index is 1.41. The SMILES string of the molecule is O=C1/C(=C/c2ccc(-c3ccccc3)cc2)SC(=S)N1N1C(=O)c2ccccc2C1=O. The van der Waals surface area contributed by atoms with Crippen LogP contribution in [0.4, 0.5) is 0 Å². The van der Waals surface area contributed by atoms with Crippen LogP contribution in [0, 0.1) is 0 Å². The maximum Gasteiger partial charge on any atom is 0.285 e. The van der Waals surface area contributed by atoms with Gasteiger partial charge in [0.25, 0.3) is 17.7 Å². The van der Waals surface area contributed by atoms with E-state index in [-0.39, 0.29) is 15.4 Å². The normalized spacial score (nSPS) is 17.1. The van der Waals surface area contributed by atoms with Gasteiger partial charge >= 0.3 is 0 Å². The molecule has 2 heterocycles. The van der Waals surface area contributed by atoms with E-state index in [4.69, 9.17) is 12.2 Å². The van der Waals surface area contributed by atoms with Crippen molar-refractivity contribution in [3.63, 3.8) is 0 Å². The quantitative estimate of drug-likeness (QED) is 0.332. The molecule has 0 aliphatic carbocycles. The summed E-state index contributed by atoms with van der Waals surface area (Å²) in [6.45, 7) is 0. The second-order valence-corrected chi connectivity index (χ2v) is 8.63. The predicted molar refractivity (Wildman–Crippen MR) is 124 cm³/mol. The van der Waals surface area contributed by atoms with Crippen LogP contribution in [0.5, 0.6) is 0 Å². The van der Waals surface area contributed by atoms with Crippen molar-refractivity contribution in [2.75, 3.05) is 0 Å². The van der Waals surface area contributed by atoms with Gasteiger partial charge in [-0.2, -0.15) is 10.0 Å². The Labute approximate surface area is 187 Å². The van der Waals surface area contributed by atoms with Crippen molar-refractivity contribution in [1.29, 1.82) is 0 Å². The highest BCUT2D eigenvalue weighted by Gasteiger charge is 2.46. The number of thiocarbonyl (C=S) groups is 1. The van der Waals surface area contributed by atoms with E-state index in [9.17, 15) is 14.4 Å². The van der Waals surface area contributed by atoms with Gasteiger partial charge in [-0.1, -0.05) is 78.5 Å². The summed E-state index contributed by atoms with van der Waals surface area (Å²) in [6.07, 6.45) is 1.71. The third-order valence-corrected chi connectivity index (χ3v) is 6.34. The van der Waals surface area contributed by atoms with E-state index in [0.29, 0.717) is 4.91 Å². The lowest BCUT2D eigenvalue weighted by atomic mass is 10.0. The number of carbonyl (C=O) groups excluding carboxylic acids is 3. The second-order valence-electron chi connectivity index (χ2n) is 6.95. The Hall–Kier alpha value is -3.55. The highest BCUT2D eigenvalue weighted by atomic mass is 32.2. The number of hydrazine groups is 1. The summed E-state index contributed by atoms with van der Waals surface area (Å²) < 4.78 is 0.145. The van der Waals surface area contributed by atoms with Crippen molar-refractivity contribution in [1.82, 2.24) is 10.0 Å². The van der Waals surface area contributed by atoms with Crippen LogP contribution in [-0.4, -0.2) is 32.1 Å². The minimum Gasteiger partial charge on any atom is -0.267 e. The summed E-state index contributed by atoms with van der Waals surface area (Å²) in [5, 5.41) is 1.83. The summed E-state index contributed by atoms with van der Waals surface area (Å²) in [6, 6.07) is 24.3. The number of nitrogens with zero attached hydrogens (tertiary/aromatic N) is 2. The van der Waals surface area contributed by atoms with Crippen LogP contribution >= 0.6 is 24.0 Å². The van der Waals surface area contributed by atoms with E-state index in [1.165, 1.54) is 0 Å². The zero-order valence-corrected chi connectivity index (χ0v) is 17.7. The number of benzene rings is 3. The maximum atomic E-state index is 13.0. The molecule has 5 rings (SSSR count). The lowest BCUT2D eigenvalue weighted by Gasteiger charge is -2.23. The third kappa shape index (κ3) is 3.28. The highest BCUT2D eigenvalue weighted by Crippen LogP contribution is 2.36. The molecule has 0 unspecified atom stereocenters. The van der Waals surface area contributed by atoms with Gasteiger partial charge < -0.3 is 0 Å². The minimum absolute atomic E-state index is 0.145. The summed E-state index contributed by atoms with van der Waals surface area (Å²) in [4.78, 5) is 38.9. The molecule has 1 saturated heterocycles. The molecular weight excluding hydrogens is 428 g/mol. The average Bonchev–Trinajstić information content (AvgIpc) is 3.21. The molecule has 2 aliphatic rings. The first-order valence-electron chi connectivity index (χ1n) is 9.46. The van der Waals surface area contributed by atoms with Crippen LogP contribution in [0.2, 0.25) is 0 Å². The Morgan fingerprint density at radius 1 is 0.645 bits per heavy atom. The topological polar surface area (TPSA) is 57.7 Å². The van der Waals surface area contributed by atoms with Crippen molar-refractivity contribution in [3.8, 4) is 11.1 Å². The Morgan fingerprint density at radius 2 is 1.19 bits per heavy atom. The van der Waals surface area contributed by atoms with Gasteiger partial charge in [0.05, 0.1) is 16.0 Å². The summed E-state index contributed by atoms with van der Waals surface area (Å²) in [7, 11) is 0. The van der Waals surface area contributed by atoms with Crippen molar-refractivity contribution < 1.29 is 14.4 Å². The summed E-state index contributed by atoms with van der Waals surface area (Å²) in [5.41, 5.74) is 3.52. The molecule has 3 amide bonds. The number of rotatable bonds is 3. The van der Waals surface area contributed by atoms with Crippen LogP contribution in [-0.2, 0) is 4.79 Å². The van der Waals surface area contributed by atoms with E-state index in [2.05, 4.69) is 0 Å². The van der Waals surface area contributed by atoms with Crippen molar-refractivity contribution in [2.24, 2.45) is 0 Å². The van der Waals surface area contributed by atoms with E-state index in [0.717, 1.165) is 38.5 Å². The van der Waals surface area contributed by atoms with Gasteiger partial charge in [0, 0.05) is 0 Å². The van der Waals surface area contributed by atoms with Crippen molar-refractivity contribution >= 4 is 52.1 Å². The van der Waals surface area contributed by atoms with Crippen LogP contribution in [0.15, 0.2) is 83.8 Å². The Morgan fingerprint density at radius 3 is 1.81 bits per heavy atom. The van der Waals surface area contributed by atoms with E-state index in [1.807, 2.05) is 54.6 Å². The van der Waals surface area contributed by atoms with Crippen LogP contribution in [0.1, 0.15) is 26.3 Å². The number of amides is 3. The second kappa shape index (κ2) is 7.61. The molecule has 0 spiro atoms. The lowest BCUT2D eigenvalue weighted by Crippen LogP contribution is -2.48. The predicted octanol–water partition coefficient (Wildman–Crippen LogP) is 4.77. The van der Waals surface area contributed by atoms with Gasteiger partial charge in [-0.15, -0.1) is 0 Å². The first-order chi connectivity index (χ1) is 15.0. The molecule has 150 valence electrons. The van der Waals surface area contributed by atoms with Crippen LogP contribution in [0.25, 0.3) is 17.2 Å². The average molecular weight is 443 g/mol. The molecule has 0 N–H and O–H groups in total. The maximum absolute atomic E-state index is 13.0. The Bertz CT molecular complexity index is 1250. The van der Waals surface area contributed by atoms with Crippen molar-refractivity contribution in [3.05, 3.63) is 100 Å². The van der Waals surface area contributed by atoms with Crippen molar-refractivity contribution in [2.45, 2.75) is 0 Å². The fourth-order valence-electron chi connectivity index (χ4n) is 3.54. The zero-order chi connectivity index (χ0) is 21.5. The third-order valence-electron chi connectivity index (χ3n) is 5.06. The first kappa shape index (κ1) is 19.4. The molecule has 7 heteroatoms.